The SMILES string of the molecule is C=Cc1cc(C(=O)OCCCOC(=O)C(C)=CC(=O)O)c(C)o1. The molecule has 0 unspecified atom stereocenters. The highest BCUT2D eigenvalue weighted by molar-refractivity contribution is 5.95. The molecule has 23 heavy (non-hydrogen) atoms. The smallest absolute Gasteiger partial charge is 0.341 e. The summed E-state index contributed by atoms with van der Waals surface area (Å²) < 4.78 is 15.1. The lowest BCUT2D eigenvalue weighted by Gasteiger charge is -2.06. The van der Waals surface area contributed by atoms with E-state index in [1.54, 1.807) is 6.92 Å². The Morgan fingerprint density at radius 2 is 1.96 bits per heavy atom. The van der Waals surface area contributed by atoms with Gasteiger partial charge in [-0.15, -0.1) is 0 Å². The topological polar surface area (TPSA) is 103 Å². The van der Waals surface area contributed by atoms with Crippen LogP contribution < -0.4 is 0 Å². The van der Waals surface area contributed by atoms with Crippen LogP contribution in [0, 0.1) is 6.92 Å². The fraction of sp³-hybridized carbons (Fsp3) is 0.312. The molecule has 0 amide bonds. The maximum absolute atomic E-state index is 11.8. The van der Waals surface area contributed by atoms with Gasteiger partial charge in [0.05, 0.1) is 13.2 Å². The minimum atomic E-state index is -1.22. The Hall–Kier alpha value is -2.83. The van der Waals surface area contributed by atoms with E-state index in [1.807, 2.05) is 0 Å². The number of hydrogen-bond acceptors (Lipinski definition) is 6. The van der Waals surface area contributed by atoms with E-state index in [-0.39, 0.29) is 18.8 Å². The number of rotatable bonds is 8. The van der Waals surface area contributed by atoms with Crippen LogP contribution in [0.5, 0.6) is 0 Å². The average Bonchev–Trinajstić information content (AvgIpc) is 2.87. The van der Waals surface area contributed by atoms with E-state index in [2.05, 4.69) is 6.58 Å². The van der Waals surface area contributed by atoms with Gasteiger partial charge in [-0.25, -0.2) is 14.4 Å². The highest BCUT2D eigenvalue weighted by Crippen LogP contribution is 2.16. The van der Waals surface area contributed by atoms with Crippen LogP contribution in [0.2, 0.25) is 0 Å². The van der Waals surface area contributed by atoms with Crippen molar-refractivity contribution in [2.45, 2.75) is 20.3 Å². The van der Waals surface area contributed by atoms with Crippen molar-refractivity contribution in [2.24, 2.45) is 0 Å². The number of hydrogen-bond donors (Lipinski definition) is 1. The standard InChI is InChI=1S/C16H18O7/c1-4-12-9-13(11(3)23-12)16(20)22-7-5-6-21-15(19)10(2)8-14(17)18/h4,8-9H,1,5-7H2,2-3H3,(H,17,18). The molecule has 0 saturated heterocycles. The molecular weight excluding hydrogens is 304 g/mol. The summed E-state index contributed by atoms with van der Waals surface area (Å²) in [6.45, 7) is 6.60. The highest BCUT2D eigenvalue weighted by Gasteiger charge is 2.15. The number of esters is 2. The Balaban J connectivity index is 2.33. The summed E-state index contributed by atoms with van der Waals surface area (Å²) in [5, 5.41) is 8.50. The molecule has 0 aliphatic carbocycles. The second-order valence-corrected chi connectivity index (χ2v) is 4.61. The molecule has 0 aliphatic rings. The van der Waals surface area contributed by atoms with Crippen LogP contribution in [0.15, 0.2) is 28.7 Å². The molecule has 0 radical (unpaired) electrons. The Morgan fingerprint density at radius 3 is 2.52 bits per heavy atom. The van der Waals surface area contributed by atoms with Crippen molar-refractivity contribution in [1.82, 2.24) is 0 Å². The largest absolute Gasteiger partial charge is 0.478 e. The molecule has 0 aromatic carbocycles. The summed E-state index contributed by atoms with van der Waals surface area (Å²) in [6.07, 6.45) is 2.54. The van der Waals surface area contributed by atoms with Gasteiger partial charge in [-0.1, -0.05) is 6.58 Å². The molecule has 1 rings (SSSR count). The molecule has 0 atom stereocenters. The zero-order chi connectivity index (χ0) is 17.4. The summed E-state index contributed by atoms with van der Waals surface area (Å²) in [4.78, 5) is 33.6. The molecule has 7 heteroatoms. The quantitative estimate of drug-likeness (QED) is 0.445. The number of furan rings is 1. The molecule has 1 N–H and O–H groups in total. The predicted octanol–water partition coefficient (Wildman–Crippen LogP) is 2.35. The number of carbonyl (C=O) groups excluding carboxylic acids is 2. The first-order valence-electron chi connectivity index (χ1n) is 6.83. The first-order valence-corrected chi connectivity index (χ1v) is 6.83. The van der Waals surface area contributed by atoms with E-state index in [0.29, 0.717) is 23.5 Å². The van der Waals surface area contributed by atoms with Gasteiger partial charge in [0.2, 0.25) is 0 Å². The minimum absolute atomic E-state index is 0.0131. The summed E-state index contributed by atoms with van der Waals surface area (Å²) in [7, 11) is 0. The van der Waals surface area contributed by atoms with Gasteiger partial charge in [0.15, 0.2) is 0 Å². The second kappa shape index (κ2) is 8.57. The fourth-order valence-corrected chi connectivity index (χ4v) is 1.63. The lowest BCUT2D eigenvalue weighted by Crippen LogP contribution is -2.12. The van der Waals surface area contributed by atoms with E-state index in [0.717, 1.165) is 6.08 Å². The van der Waals surface area contributed by atoms with Crippen molar-refractivity contribution >= 4 is 24.0 Å². The number of ether oxygens (including phenoxy) is 2. The molecule has 0 fully saturated rings. The van der Waals surface area contributed by atoms with Crippen molar-refractivity contribution in [1.29, 1.82) is 0 Å². The summed E-state index contributed by atoms with van der Waals surface area (Å²) in [5.41, 5.74) is 0.303. The van der Waals surface area contributed by atoms with Gasteiger partial charge >= 0.3 is 17.9 Å². The Bertz CT molecular complexity index is 637. The second-order valence-electron chi connectivity index (χ2n) is 4.61. The van der Waals surface area contributed by atoms with Crippen LogP contribution in [0.1, 0.15) is 35.2 Å². The van der Waals surface area contributed by atoms with E-state index in [4.69, 9.17) is 19.0 Å². The number of carboxylic acids is 1. The molecule has 0 spiro atoms. The Kier molecular flexibility index (Phi) is 6.79. The van der Waals surface area contributed by atoms with Crippen LogP contribution in [0.25, 0.3) is 6.08 Å². The van der Waals surface area contributed by atoms with Crippen LogP contribution in [-0.2, 0) is 19.1 Å². The van der Waals surface area contributed by atoms with Crippen LogP contribution in [-0.4, -0.2) is 36.2 Å². The van der Waals surface area contributed by atoms with Crippen LogP contribution in [0.4, 0.5) is 0 Å². The summed E-state index contributed by atoms with van der Waals surface area (Å²) in [5.74, 6) is -1.56. The monoisotopic (exact) mass is 322 g/mol. The van der Waals surface area contributed by atoms with Crippen molar-refractivity contribution in [2.75, 3.05) is 13.2 Å². The van der Waals surface area contributed by atoms with Crippen molar-refractivity contribution in [3.63, 3.8) is 0 Å². The average molecular weight is 322 g/mol. The molecule has 0 saturated carbocycles. The molecule has 7 nitrogen and oxygen atoms in total. The van der Waals surface area contributed by atoms with Gasteiger partial charge in [0, 0.05) is 18.1 Å². The number of carbonyl (C=O) groups is 3. The molecule has 0 aliphatic heterocycles. The fourth-order valence-electron chi connectivity index (χ4n) is 1.63. The maximum atomic E-state index is 11.8. The van der Waals surface area contributed by atoms with Crippen molar-refractivity contribution in [3.8, 4) is 0 Å². The molecule has 1 heterocycles. The van der Waals surface area contributed by atoms with Crippen LogP contribution >= 0.6 is 0 Å². The molecule has 0 bridgehead atoms. The first kappa shape index (κ1) is 18.2. The zero-order valence-corrected chi connectivity index (χ0v) is 13.0. The van der Waals surface area contributed by atoms with Crippen molar-refractivity contribution in [3.05, 3.63) is 41.4 Å². The molecule has 1 aromatic heterocycles. The van der Waals surface area contributed by atoms with E-state index in [9.17, 15) is 14.4 Å². The lowest BCUT2D eigenvalue weighted by molar-refractivity contribution is -0.140. The Morgan fingerprint density at radius 1 is 1.30 bits per heavy atom. The van der Waals surface area contributed by atoms with Crippen LogP contribution in [0.3, 0.4) is 0 Å². The summed E-state index contributed by atoms with van der Waals surface area (Å²) >= 11 is 0. The third-order valence-corrected chi connectivity index (χ3v) is 2.77. The predicted molar refractivity (Wildman–Crippen MR) is 80.8 cm³/mol. The van der Waals surface area contributed by atoms with Crippen molar-refractivity contribution < 1.29 is 33.4 Å². The van der Waals surface area contributed by atoms with Gasteiger partial charge in [-0.05, 0) is 26.0 Å². The number of carboxylic acid groups (broad SMARTS) is 1. The number of aliphatic carboxylic acids is 1. The molecular formula is C16H18O7. The van der Waals surface area contributed by atoms with Gasteiger partial charge in [0.1, 0.15) is 17.1 Å². The minimum Gasteiger partial charge on any atom is -0.478 e. The molecule has 1 aromatic rings. The maximum Gasteiger partial charge on any atom is 0.341 e. The normalized spacial score (nSPS) is 11.0. The zero-order valence-electron chi connectivity index (χ0n) is 13.0. The third-order valence-electron chi connectivity index (χ3n) is 2.77. The highest BCUT2D eigenvalue weighted by atomic mass is 16.5. The van der Waals surface area contributed by atoms with Gasteiger partial charge in [-0.2, -0.15) is 0 Å². The Labute approximate surface area is 133 Å². The van der Waals surface area contributed by atoms with E-state index in [1.165, 1.54) is 19.1 Å². The van der Waals surface area contributed by atoms with E-state index < -0.39 is 17.9 Å². The molecule has 124 valence electrons. The number of aryl methyl sites for hydroxylation is 1. The van der Waals surface area contributed by atoms with E-state index >= 15 is 0 Å². The lowest BCUT2D eigenvalue weighted by atomic mass is 10.2. The first-order chi connectivity index (χ1) is 10.8. The van der Waals surface area contributed by atoms with Gasteiger partial charge in [0.25, 0.3) is 0 Å². The summed E-state index contributed by atoms with van der Waals surface area (Å²) in [6, 6.07) is 1.53. The third kappa shape index (κ3) is 5.82. The van der Waals surface area contributed by atoms with Gasteiger partial charge in [-0.3, -0.25) is 0 Å². The van der Waals surface area contributed by atoms with Gasteiger partial charge < -0.3 is 19.0 Å².